The van der Waals surface area contributed by atoms with Crippen LogP contribution in [0.15, 0.2) is 70.0 Å². The Balaban J connectivity index is 1.42. The maximum absolute atomic E-state index is 15.1. The van der Waals surface area contributed by atoms with Gasteiger partial charge < -0.3 is 35.4 Å². The number of dihydropyridines is 1. The van der Waals surface area contributed by atoms with E-state index >= 15 is 4.39 Å². The van der Waals surface area contributed by atoms with Crippen LogP contribution in [-0.2, 0) is 9.59 Å². The molecule has 2 aliphatic heterocycles. The molecule has 11 nitrogen and oxygen atoms in total. The van der Waals surface area contributed by atoms with E-state index in [4.69, 9.17) is 4.74 Å². The molecule has 0 amide bonds. The summed E-state index contributed by atoms with van der Waals surface area (Å²) in [4.78, 5) is 32.3. The van der Waals surface area contributed by atoms with E-state index in [0.29, 0.717) is 23.9 Å². The smallest absolute Gasteiger partial charge is 0.334 e. The Morgan fingerprint density at radius 3 is 2.38 bits per heavy atom. The van der Waals surface area contributed by atoms with Gasteiger partial charge in [0.1, 0.15) is 11.6 Å². The minimum atomic E-state index is -1.29. The second-order valence-corrected chi connectivity index (χ2v) is 11.3. The predicted molar refractivity (Wildman–Crippen MR) is 168 cm³/mol. The first-order valence-electron chi connectivity index (χ1n) is 14.8. The summed E-state index contributed by atoms with van der Waals surface area (Å²) in [6.07, 6.45) is 4.63. The molecule has 2 heterocycles. The van der Waals surface area contributed by atoms with Crippen molar-refractivity contribution in [3.63, 3.8) is 0 Å². The molecular weight excluding hydrogens is 579 g/mol. The van der Waals surface area contributed by atoms with Crippen molar-refractivity contribution in [1.82, 2.24) is 15.1 Å². The van der Waals surface area contributed by atoms with Crippen molar-refractivity contribution >= 4 is 23.6 Å². The zero-order valence-electron chi connectivity index (χ0n) is 25.9. The maximum atomic E-state index is 15.1. The Morgan fingerprint density at radius 1 is 1.11 bits per heavy atom. The summed E-state index contributed by atoms with van der Waals surface area (Å²) < 4.78 is 20.4. The molecule has 0 spiro atoms. The summed E-state index contributed by atoms with van der Waals surface area (Å²) in [6, 6.07) is 12.1. The average molecular weight is 619 g/mol. The molecule has 0 aliphatic carbocycles. The lowest BCUT2D eigenvalue weighted by molar-refractivity contribution is -0.133. The van der Waals surface area contributed by atoms with Gasteiger partial charge in [0.25, 0.3) is 0 Å². The quantitative estimate of drug-likeness (QED) is 0.168. The van der Waals surface area contributed by atoms with Crippen LogP contribution >= 0.6 is 0 Å². The first-order valence-corrected chi connectivity index (χ1v) is 14.8. The van der Waals surface area contributed by atoms with E-state index in [2.05, 4.69) is 32.7 Å². The van der Waals surface area contributed by atoms with Crippen molar-refractivity contribution in [2.75, 3.05) is 45.7 Å². The number of nitrogens with one attached hydrogen (secondary N) is 2. The molecule has 2 aromatic rings. The number of ether oxygens (including phenoxy) is 1. The number of allylic oxidation sites excluding steroid dienone is 2. The van der Waals surface area contributed by atoms with Crippen molar-refractivity contribution in [3.8, 4) is 11.9 Å². The van der Waals surface area contributed by atoms with Crippen molar-refractivity contribution in [3.05, 3.63) is 81.9 Å². The lowest BCUT2D eigenvalue weighted by Gasteiger charge is -2.33. The number of hydrogen-bond acceptors (Lipinski definition) is 7. The summed E-state index contributed by atoms with van der Waals surface area (Å²) in [5, 5.41) is 34.9. The van der Waals surface area contributed by atoms with E-state index in [1.54, 1.807) is 39.1 Å². The van der Waals surface area contributed by atoms with Gasteiger partial charge in [0.15, 0.2) is 0 Å². The molecule has 1 saturated heterocycles. The minimum absolute atomic E-state index is 0.0590. The molecular formula is C33H39FN6O5. The second kappa shape index (κ2) is 14.7. The van der Waals surface area contributed by atoms with Crippen molar-refractivity contribution in [2.24, 2.45) is 4.99 Å². The summed E-state index contributed by atoms with van der Waals surface area (Å²) in [7, 11) is 3.42. The third-order valence-electron chi connectivity index (χ3n) is 8.43. The Kier molecular flexibility index (Phi) is 10.8. The number of carboxylic acids is 2. The number of aliphatic carboxylic acids is 2. The van der Waals surface area contributed by atoms with E-state index in [9.17, 15) is 25.1 Å². The fourth-order valence-electron chi connectivity index (χ4n) is 6.11. The van der Waals surface area contributed by atoms with Gasteiger partial charge in [-0.3, -0.25) is 0 Å². The van der Waals surface area contributed by atoms with E-state index in [1.807, 2.05) is 12.1 Å². The number of piperidine rings is 1. The monoisotopic (exact) mass is 618 g/mol. The van der Waals surface area contributed by atoms with Gasteiger partial charge in [0.05, 0.1) is 29.9 Å². The number of carbonyl (C=O) groups is 2. The molecule has 0 radical (unpaired) electrons. The van der Waals surface area contributed by atoms with Crippen LogP contribution in [0.2, 0.25) is 0 Å². The van der Waals surface area contributed by atoms with Crippen LogP contribution < -0.4 is 15.4 Å². The molecule has 2 aromatic carbocycles. The molecule has 4 rings (SSSR count). The molecule has 0 unspecified atom stereocenters. The fourth-order valence-corrected chi connectivity index (χ4v) is 6.11. The number of likely N-dealkylation sites (tertiary alicyclic amines) is 1. The molecule has 2 aliphatic rings. The van der Waals surface area contributed by atoms with Gasteiger partial charge >= 0.3 is 11.9 Å². The number of benzene rings is 2. The highest BCUT2D eigenvalue weighted by Crippen LogP contribution is 2.39. The largest absolute Gasteiger partial charge is 0.497 e. The molecule has 0 aromatic heterocycles. The zero-order chi connectivity index (χ0) is 32.7. The number of nitrogens with zero attached hydrogens (tertiary/aromatic N) is 4. The molecule has 12 heteroatoms. The Hall–Kier alpha value is -4.89. The van der Waals surface area contributed by atoms with Gasteiger partial charge in [0.2, 0.25) is 12.2 Å². The highest BCUT2D eigenvalue weighted by molar-refractivity contribution is 5.99. The lowest BCUT2D eigenvalue weighted by atomic mass is 9.80. The molecule has 4 N–H and O–H groups in total. The lowest BCUT2D eigenvalue weighted by Crippen LogP contribution is -2.38. The standard InChI is InChI=1S/C33H39FN6O5/c1-20-28(31(41)42)30(29(32(43)44)21(2)37-20)24-9-10-26(34)27(18-24)38-33(36-19-35)39(3)13-6-14-40-15-11-22(12-16-40)23-7-5-8-25(17-23)45-4/h5,7-10,17-18,22,30,37H,6,11-16H2,1-4H3,(H,36,38)(H,41,42)(H,43,44). The minimum Gasteiger partial charge on any atom is -0.497 e. The fraction of sp³-hybridized carbons (Fsp3) is 0.394. The summed E-state index contributed by atoms with van der Waals surface area (Å²) in [5.74, 6) is -2.91. The van der Waals surface area contributed by atoms with E-state index < -0.39 is 23.7 Å². The number of halogens is 1. The van der Waals surface area contributed by atoms with Crippen molar-refractivity contribution < 1.29 is 28.9 Å². The summed E-state index contributed by atoms with van der Waals surface area (Å²) in [6.45, 7) is 6.43. The molecule has 0 bridgehead atoms. The van der Waals surface area contributed by atoms with Gasteiger partial charge in [-0.1, -0.05) is 18.2 Å². The number of aliphatic imine (C=N–C) groups is 1. The average Bonchev–Trinajstić information content (AvgIpc) is 3.01. The number of carboxylic acid groups (broad SMARTS) is 2. The molecule has 0 saturated carbocycles. The maximum Gasteiger partial charge on any atom is 0.334 e. The second-order valence-electron chi connectivity index (χ2n) is 11.3. The summed E-state index contributed by atoms with van der Waals surface area (Å²) >= 11 is 0. The summed E-state index contributed by atoms with van der Waals surface area (Å²) in [5.41, 5.74) is 1.80. The van der Waals surface area contributed by atoms with Crippen LogP contribution in [-0.4, -0.2) is 78.2 Å². The molecule has 0 atom stereocenters. The molecule has 45 heavy (non-hydrogen) atoms. The number of rotatable bonds is 10. The number of nitriles is 1. The van der Waals surface area contributed by atoms with Gasteiger partial charge in [-0.2, -0.15) is 5.26 Å². The van der Waals surface area contributed by atoms with Crippen molar-refractivity contribution in [2.45, 2.75) is 44.9 Å². The van der Waals surface area contributed by atoms with Gasteiger partial charge in [-0.05, 0) is 94.1 Å². The SMILES string of the molecule is COc1cccc(C2CCN(CCCN(C)/C(=N\C#N)Nc3cc(C4C(C(=O)O)=C(C)NC(C)=C4C(=O)O)ccc3F)CC2)c1. The number of hydrogen-bond donors (Lipinski definition) is 4. The van der Waals surface area contributed by atoms with Gasteiger partial charge in [-0.15, -0.1) is 4.99 Å². The van der Waals surface area contributed by atoms with Crippen LogP contribution in [0.4, 0.5) is 10.1 Å². The van der Waals surface area contributed by atoms with Crippen molar-refractivity contribution in [1.29, 1.82) is 5.26 Å². The first kappa shape index (κ1) is 33.0. The first-order chi connectivity index (χ1) is 21.5. The zero-order valence-corrected chi connectivity index (χ0v) is 25.9. The van der Waals surface area contributed by atoms with Crippen LogP contribution in [0.3, 0.4) is 0 Å². The Morgan fingerprint density at radius 2 is 1.78 bits per heavy atom. The third-order valence-corrected chi connectivity index (χ3v) is 8.43. The van der Waals surface area contributed by atoms with Crippen LogP contribution in [0.1, 0.15) is 56.1 Å². The van der Waals surface area contributed by atoms with Gasteiger partial charge in [-0.25, -0.2) is 14.0 Å². The van der Waals surface area contributed by atoms with E-state index in [0.717, 1.165) is 50.7 Å². The number of methoxy groups -OCH3 is 1. The number of guanidine groups is 1. The van der Waals surface area contributed by atoms with E-state index in [-0.39, 0.29) is 28.4 Å². The van der Waals surface area contributed by atoms with Gasteiger partial charge in [0, 0.05) is 25.0 Å². The highest BCUT2D eigenvalue weighted by Gasteiger charge is 2.37. The number of anilines is 1. The topological polar surface area (TPSA) is 151 Å². The molecule has 1 fully saturated rings. The Bertz CT molecular complexity index is 1540. The molecule has 238 valence electrons. The normalized spacial score (nSPS) is 16.7. The van der Waals surface area contributed by atoms with E-state index in [1.165, 1.54) is 17.7 Å². The van der Waals surface area contributed by atoms with Crippen LogP contribution in [0.5, 0.6) is 5.75 Å². The Labute approximate surface area is 262 Å². The third kappa shape index (κ3) is 7.80. The van der Waals surface area contributed by atoms with Crippen LogP contribution in [0, 0.1) is 17.3 Å². The van der Waals surface area contributed by atoms with Crippen LogP contribution in [0.25, 0.3) is 0 Å². The predicted octanol–water partition coefficient (Wildman–Crippen LogP) is 4.69. The highest BCUT2D eigenvalue weighted by atomic mass is 19.1.